The molecule has 0 spiro atoms. The molecule has 1 aromatic carbocycles. The molecule has 1 aromatic rings. The van der Waals surface area contributed by atoms with Crippen LogP contribution in [0.3, 0.4) is 0 Å². The third kappa shape index (κ3) is 3.07. The van der Waals surface area contributed by atoms with E-state index in [0.29, 0.717) is 5.92 Å². The van der Waals surface area contributed by atoms with Crippen molar-refractivity contribution in [3.05, 3.63) is 35.4 Å². The van der Waals surface area contributed by atoms with Crippen molar-refractivity contribution in [2.75, 3.05) is 0 Å². The van der Waals surface area contributed by atoms with Crippen LogP contribution in [0.2, 0.25) is 0 Å². The maximum Gasteiger partial charge on any atom is 0.126 e. The van der Waals surface area contributed by atoms with E-state index in [1.54, 1.807) is 6.92 Å². The minimum atomic E-state index is -0.879. The smallest absolute Gasteiger partial charge is 0.126 e. The molecule has 15 heavy (non-hydrogen) atoms. The molecule has 0 bridgehead atoms. The maximum atomic E-state index is 8.89. The Morgan fingerprint density at radius 2 is 1.87 bits per heavy atom. The maximum absolute atomic E-state index is 8.89. The molecule has 2 N–H and O–H groups in total. The van der Waals surface area contributed by atoms with Gasteiger partial charge in [-0.1, -0.05) is 38.1 Å². The van der Waals surface area contributed by atoms with E-state index in [1.165, 1.54) is 5.56 Å². The van der Waals surface area contributed by atoms with Crippen LogP contribution in [0.15, 0.2) is 24.3 Å². The van der Waals surface area contributed by atoms with Gasteiger partial charge >= 0.3 is 0 Å². The highest BCUT2D eigenvalue weighted by atomic mass is 14.7. The highest BCUT2D eigenvalue weighted by Crippen LogP contribution is 2.18. The van der Waals surface area contributed by atoms with Crippen LogP contribution in [0.4, 0.5) is 0 Å². The van der Waals surface area contributed by atoms with E-state index in [-0.39, 0.29) is 0 Å². The molecule has 0 amide bonds. The molecule has 1 unspecified atom stereocenters. The lowest BCUT2D eigenvalue weighted by Crippen LogP contribution is -2.30. The summed E-state index contributed by atoms with van der Waals surface area (Å²) in [5, 5.41) is 8.89. The monoisotopic (exact) mass is 202 g/mol. The minimum Gasteiger partial charge on any atom is -0.310 e. The van der Waals surface area contributed by atoms with E-state index >= 15 is 0 Å². The van der Waals surface area contributed by atoms with Gasteiger partial charge in [-0.05, 0) is 30.4 Å². The molecule has 0 aliphatic rings. The Morgan fingerprint density at radius 1 is 1.33 bits per heavy atom. The van der Waals surface area contributed by atoms with E-state index in [2.05, 4.69) is 32.0 Å². The molecule has 0 aliphatic carbocycles. The summed E-state index contributed by atoms with van der Waals surface area (Å²) in [6.45, 7) is 6.11. The van der Waals surface area contributed by atoms with Crippen molar-refractivity contribution in [3.8, 4) is 6.07 Å². The van der Waals surface area contributed by atoms with Crippen LogP contribution in [0.5, 0.6) is 0 Å². The molecular weight excluding hydrogens is 184 g/mol. The first-order valence-electron chi connectivity index (χ1n) is 5.25. The zero-order chi connectivity index (χ0) is 11.5. The summed E-state index contributed by atoms with van der Waals surface area (Å²) in [5.74, 6) is 0.649. The van der Waals surface area contributed by atoms with Crippen molar-refractivity contribution < 1.29 is 0 Å². The normalized spacial score (nSPS) is 14.7. The molecule has 0 aliphatic heterocycles. The summed E-state index contributed by atoms with van der Waals surface area (Å²) < 4.78 is 0. The molecular formula is C13H18N2. The lowest BCUT2D eigenvalue weighted by molar-refractivity contribution is 0.637. The van der Waals surface area contributed by atoms with Crippen LogP contribution in [0, 0.1) is 17.2 Å². The van der Waals surface area contributed by atoms with Gasteiger partial charge in [-0.2, -0.15) is 5.26 Å². The van der Waals surface area contributed by atoms with E-state index in [9.17, 15) is 0 Å². The Bertz CT molecular complexity index is 355. The van der Waals surface area contributed by atoms with Crippen molar-refractivity contribution in [1.82, 2.24) is 0 Å². The SMILES string of the molecule is CC(C)Cc1ccc(C(C)(N)C#N)cc1. The molecule has 1 atom stereocenters. The number of hydrogen-bond donors (Lipinski definition) is 1. The van der Waals surface area contributed by atoms with Gasteiger partial charge < -0.3 is 5.73 Å². The predicted molar refractivity (Wildman–Crippen MR) is 62.1 cm³/mol. The Hall–Kier alpha value is -1.33. The first-order chi connectivity index (χ1) is 6.95. The number of hydrogen-bond acceptors (Lipinski definition) is 2. The van der Waals surface area contributed by atoms with Gasteiger partial charge in [-0.15, -0.1) is 0 Å². The van der Waals surface area contributed by atoms with Gasteiger partial charge in [0.05, 0.1) is 6.07 Å². The number of nitrogens with zero attached hydrogens (tertiary/aromatic N) is 1. The number of nitrogens with two attached hydrogens (primary N) is 1. The Labute approximate surface area is 91.7 Å². The Morgan fingerprint density at radius 3 is 2.27 bits per heavy atom. The van der Waals surface area contributed by atoms with Gasteiger partial charge in [0.15, 0.2) is 0 Å². The predicted octanol–water partition coefficient (Wildman–Crippen LogP) is 2.58. The number of rotatable bonds is 3. The molecule has 0 heterocycles. The van der Waals surface area contributed by atoms with E-state index in [0.717, 1.165) is 12.0 Å². The van der Waals surface area contributed by atoms with Crippen LogP contribution >= 0.6 is 0 Å². The number of nitriles is 1. The van der Waals surface area contributed by atoms with Crippen molar-refractivity contribution in [2.24, 2.45) is 11.7 Å². The first kappa shape index (κ1) is 11.7. The van der Waals surface area contributed by atoms with Crippen molar-refractivity contribution in [1.29, 1.82) is 5.26 Å². The summed E-state index contributed by atoms with van der Waals surface area (Å²) in [6.07, 6.45) is 1.06. The molecule has 0 saturated heterocycles. The summed E-state index contributed by atoms with van der Waals surface area (Å²) >= 11 is 0. The van der Waals surface area contributed by atoms with Gasteiger partial charge in [0.1, 0.15) is 5.54 Å². The molecule has 2 nitrogen and oxygen atoms in total. The van der Waals surface area contributed by atoms with Gasteiger partial charge in [0, 0.05) is 0 Å². The lowest BCUT2D eigenvalue weighted by Gasteiger charge is -2.16. The zero-order valence-electron chi connectivity index (χ0n) is 9.62. The second kappa shape index (κ2) is 4.46. The molecule has 80 valence electrons. The first-order valence-corrected chi connectivity index (χ1v) is 5.25. The van der Waals surface area contributed by atoms with Crippen molar-refractivity contribution in [2.45, 2.75) is 32.7 Å². The third-order valence-electron chi connectivity index (χ3n) is 2.43. The minimum absolute atomic E-state index is 0.649. The molecule has 0 saturated carbocycles. The van der Waals surface area contributed by atoms with Crippen molar-refractivity contribution in [3.63, 3.8) is 0 Å². The topological polar surface area (TPSA) is 49.8 Å². The van der Waals surface area contributed by atoms with E-state index in [4.69, 9.17) is 11.0 Å². The van der Waals surface area contributed by atoms with Crippen LogP contribution in [-0.4, -0.2) is 0 Å². The molecule has 0 radical (unpaired) electrons. The fourth-order valence-electron chi connectivity index (χ4n) is 1.52. The molecule has 2 heteroatoms. The van der Waals surface area contributed by atoms with Crippen LogP contribution in [-0.2, 0) is 12.0 Å². The van der Waals surface area contributed by atoms with Crippen molar-refractivity contribution >= 4 is 0 Å². The summed E-state index contributed by atoms with van der Waals surface area (Å²) in [6, 6.07) is 10.1. The molecule has 0 aromatic heterocycles. The average molecular weight is 202 g/mol. The van der Waals surface area contributed by atoms with Crippen LogP contribution < -0.4 is 5.73 Å². The van der Waals surface area contributed by atoms with E-state index in [1.807, 2.05) is 12.1 Å². The number of benzene rings is 1. The summed E-state index contributed by atoms with van der Waals surface area (Å²) in [5.41, 5.74) is 7.12. The summed E-state index contributed by atoms with van der Waals surface area (Å²) in [4.78, 5) is 0. The third-order valence-corrected chi connectivity index (χ3v) is 2.43. The summed E-state index contributed by atoms with van der Waals surface area (Å²) in [7, 11) is 0. The Kier molecular flexibility index (Phi) is 3.49. The molecule has 0 fully saturated rings. The second-order valence-corrected chi connectivity index (χ2v) is 4.61. The van der Waals surface area contributed by atoms with Gasteiger partial charge in [0.25, 0.3) is 0 Å². The van der Waals surface area contributed by atoms with Gasteiger partial charge in [-0.3, -0.25) is 0 Å². The quantitative estimate of drug-likeness (QED) is 0.819. The van der Waals surface area contributed by atoms with Gasteiger partial charge in [-0.25, -0.2) is 0 Å². The molecule has 1 rings (SSSR count). The second-order valence-electron chi connectivity index (χ2n) is 4.61. The lowest BCUT2D eigenvalue weighted by atomic mass is 9.93. The van der Waals surface area contributed by atoms with Gasteiger partial charge in [0.2, 0.25) is 0 Å². The highest BCUT2D eigenvalue weighted by molar-refractivity contribution is 5.32. The van der Waals surface area contributed by atoms with E-state index < -0.39 is 5.54 Å². The standard InChI is InChI=1S/C13H18N2/c1-10(2)8-11-4-6-12(7-5-11)13(3,15)9-14/h4-7,10H,8,15H2,1-3H3. The highest BCUT2D eigenvalue weighted by Gasteiger charge is 2.19. The Balaban J connectivity index is 2.87. The largest absolute Gasteiger partial charge is 0.310 e. The zero-order valence-corrected chi connectivity index (χ0v) is 9.62. The average Bonchev–Trinajstić information content (AvgIpc) is 2.18. The van der Waals surface area contributed by atoms with Crippen LogP contribution in [0.1, 0.15) is 31.9 Å². The fourth-order valence-corrected chi connectivity index (χ4v) is 1.52. The van der Waals surface area contributed by atoms with Crippen LogP contribution in [0.25, 0.3) is 0 Å². The fraction of sp³-hybridized carbons (Fsp3) is 0.462.